The Morgan fingerprint density at radius 2 is 2.04 bits per heavy atom. The highest BCUT2D eigenvalue weighted by molar-refractivity contribution is 6.06. The minimum absolute atomic E-state index is 0.0593. The third-order valence-corrected chi connectivity index (χ3v) is 4.09. The maximum atomic E-state index is 12.9. The topological polar surface area (TPSA) is 83.6 Å². The molecule has 23 heavy (non-hydrogen) atoms. The molecule has 6 heteroatoms. The van der Waals surface area contributed by atoms with Crippen molar-refractivity contribution in [2.45, 2.75) is 38.6 Å². The van der Waals surface area contributed by atoms with Gasteiger partial charge in [0.25, 0.3) is 5.91 Å². The molecule has 0 aliphatic carbocycles. The van der Waals surface area contributed by atoms with Crippen LogP contribution in [0.5, 0.6) is 0 Å². The molecule has 1 N–H and O–H groups in total. The molecule has 1 aromatic carbocycles. The maximum Gasteiger partial charge on any atom is 0.255 e. The van der Waals surface area contributed by atoms with Crippen LogP contribution in [0.3, 0.4) is 0 Å². The third-order valence-electron chi connectivity index (χ3n) is 4.09. The third kappa shape index (κ3) is 3.31. The summed E-state index contributed by atoms with van der Waals surface area (Å²) in [6.07, 6.45) is 1.13. The predicted octanol–water partition coefficient (Wildman–Crippen LogP) is 1.50. The van der Waals surface area contributed by atoms with Gasteiger partial charge in [-0.1, -0.05) is 32.0 Å². The summed E-state index contributed by atoms with van der Waals surface area (Å²) in [5, 5.41) is 2.24. The highest BCUT2D eigenvalue weighted by atomic mass is 16.2. The van der Waals surface area contributed by atoms with Crippen molar-refractivity contribution in [3.63, 3.8) is 0 Å². The second kappa shape index (κ2) is 6.73. The van der Waals surface area contributed by atoms with Gasteiger partial charge in [0.1, 0.15) is 6.04 Å². The van der Waals surface area contributed by atoms with E-state index in [0.717, 1.165) is 5.56 Å². The summed E-state index contributed by atoms with van der Waals surface area (Å²) in [7, 11) is 1.52. The highest BCUT2D eigenvalue weighted by Gasteiger charge is 2.34. The number of aldehydes is 1. The Labute approximate surface area is 134 Å². The van der Waals surface area contributed by atoms with Gasteiger partial charge in [0.05, 0.1) is 5.56 Å². The first-order chi connectivity index (χ1) is 10.9. The van der Waals surface area contributed by atoms with Crippen molar-refractivity contribution in [1.82, 2.24) is 10.2 Å². The quantitative estimate of drug-likeness (QED) is 0.674. The molecule has 1 saturated heterocycles. The van der Waals surface area contributed by atoms with Gasteiger partial charge in [0, 0.05) is 19.0 Å². The van der Waals surface area contributed by atoms with Gasteiger partial charge >= 0.3 is 0 Å². The molecule has 0 aromatic heterocycles. The number of piperidine rings is 1. The fraction of sp³-hybridized carbons (Fsp3) is 0.412. The highest BCUT2D eigenvalue weighted by Crippen LogP contribution is 2.25. The first-order valence-corrected chi connectivity index (χ1v) is 7.55. The van der Waals surface area contributed by atoms with Crippen molar-refractivity contribution < 1.29 is 19.2 Å². The van der Waals surface area contributed by atoms with Gasteiger partial charge < -0.3 is 4.90 Å². The Balaban J connectivity index is 2.38. The van der Waals surface area contributed by atoms with Gasteiger partial charge in [-0.25, -0.2) is 0 Å². The first-order valence-electron chi connectivity index (χ1n) is 7.55. The average Bonchev–Trinajstić information content (AvgIpc) is 2.52. The van der Waals surface area contributed by atoms with Crippen molar-refractivity contribution in [1.29, 1.82) is 0 Å². The van der Waals surface area contributed by atoms with E-state index >= 15 is 0 Å². The second-order valence-electron chi connectivity index (χ2n) is 5.97. The SMILES string of the molecule is CC(C)c1cccc(C=O)c1C(=O)N(C)C1CCC(=O)NC1=O. The van der Waals surface area contributed by atoms with Crippen molar-refractivity contribution in [3.8, 4) is 0 Å². The molecule has 122 valence electrons. The van der Waals surface area contributed by atoms with E-state index in [1.807, 2.05) is 19.9 Å². The van der Waals surface area contributed by atoms with Gasteiger partial charge in [-0.2, -0.15) is 0 Å². The standard InChI is InChI=1S/C17H20N2O4/c1-10(2)12-6-4-5-11(9-20)15(12)17(23)19(3)13-7-8-14(21)18-16(13)22/h4-6,9-10,13H,7-8H2,1-3H3,(H,18,21,22). The monoisotopic (exact) mass is 316 g/mol. The van der Waals surface area contributed by atoms with Crippen LogP contribution in [0.4, 0.5) is 0 Å². The number of carbonyl (C=O) groups is 4. The van der Waals surface area contributed by atoms with Crippen LogP contribution in [-0.2, 0) is 9.59 Å². The maximum absolute atomic E-state index is 12.9. The first kappa shape index (κ1) is 16.9. The minimum Gasteiger partial charge on any atom is -0.330 e. The number of hydrogen-bond acceptors (Lipinski definition) is 4. The molecule has 3 amide bonds. The number of rotatable bonds is 4. The van der Waals surface area contributed by atoms with E-state index in [2.05, 4.69) is 5.32 Å². The van der Waals surface area contributed by atoms with Crippen LogP contribution in [0, 0.1) is 0 Å². The number of benzene rings is 1. The molecule has 0 radical (unpaired) electrons. The Morgan fingerprint density at radius 3 is 2.61 bits per heavy atom. The summed E-state index contributed by atoms with van der Waals surface area (Å²) in [5.41, 5.74) is 1.39. The number of imide groups is 1. The summed E-state index contributed by atoms with van der Waals surface area (Å²) < 4.78 is 0. The minimum atomic E-state index is -0.708. The second-order valence-corrected chi connectivity index (χ2v) is 5.97. The molecule has 0 saturated carbocycles. The molecule has 1 atom stereocenters. The molecule has 0 spiro atoms. The molecule has 1 aromatic rings. The van der Waals surface area contributed by atoms with Crippen molar-refractivity contribution in [2.24, 2.45) is 0 Å². The largest absolute Gasteiger partial charge is 0.330 e. The lowest BCUT2D eigenvalue weighted by atomic mass is 9.92. The van der Waals surface area contributed by atoms with E-state index in [-0.39, 0.29) is 30.6 Å². The van der Waals surface area contributed by atoms with Gasteiger partial charge in [0.2, 0.25) is 11.8 Å². The Kier molecular flexibility index (Phi) is 4.93. The Bertz CT molecular complexity index is 667. The van der Waals surface area contributed by atoms with E-state index in [1.165, 1.54) is 11.9 Å². The molecule has 1 unspecified atom stereocenters. The molecule has 1 aliphatic heterocycles. The van der Waals surface area contributed by atoms with Crippen LogP contribution in [-0.4, -0.2) is 42.0 Å². The molecule has 0 bridgehead atoms. The number of amides is 3. The van der Waals surface area contributed by atoms with E-state index in [9.17, 15) is 19.2 Å². The zero-order chi connectivity index (χ0) is 17.1. The van der Waals surface area contributed by atoms with Crippen molar-refractivity contribution in [2.75, 3.05) is 7.05 Å². The number of hydrogen-bond donors (Lipinski definition) is 1. The molecular weight excluding hydrogens is 296 g/mol. The number of nitrogens with zero attached hydrogens (tertiary/aromatic N) is 1. The lowest BCUT2D eigenvalue weighted by molar-refractivity contribution is -0.136. The van der Waals surface area contributed by atoms with E-state index in [0.29, 0.717) is 17.4 Å². The van der Waals surface area contributed by atoms with Gasteiger partial charge in [-0.15, -0.1) is 0 Å². The van der Waals surface area contributed by atoms with E-state index < -0.39 is 11.9 Å². The molecule has 1 heterocycles. The molecular formula is C17H20N2O4. The zero-order valence-electron chi connectivity index (χ0n) is 13.5. The Morgan fingerprint density at radius 1 is 1.35 bits per heavy atom. The van der Waals surface area contributed by atoms with Crippen molar-refractivity contribution in [3.05, 3.63) is 34.9 Å². The van der Waals surface area contributed by atoms with Gasteiger partial charge in [-0.05, 0) is 17.9 Å². The van der Waals surface area contributed by atoms with Crippen molar-refractivity contribution >= 4 is 24.0 Å². The number of likely N-dealkylation sites (N-methyl/N-ethyl adjacent to an activating group) is 1. The van der Waals surface area contributed by atoms with Gasteiger partial charge in [-0.3, -0.25) is 24.5 Å². The summed E-state index contributed by atoms with van der Waals surface area (Å²) in [6, 6.07) is 4.43. The lowest BCUT2D eigenvalue weighted by Crippen LogP contribution is -2.53. The number of carbonyl (C=O) groups excluding carboxylic acids is 4. The summed E-state index contributed by atoms with van der Waals surface area (Å²) in [4.78, 5) is 48.7. The lowest BCUT2D eigenvalue weighted by Gasteiger charge is -2.30. The zero-order valence-corrected chi connectivity index (χ0v) is 13.5. The predicted molar refractivity (Wildman–Crippen MR) is 84.2 cm³/mol. The van der Waals surface area contributed by atoms with E-state index in [4.69, 9.17) is 0 Å². The molecule has 6 nitrogen and oxygen atoms in total. The van der Waals surface area contributed by atoms with E-state index in [1.54, 1.807) is 12.1 Å². The fourth-order valence-electron chi connectivity index (χ4n) is 2.78. The molecule has 1 aliphatic rings. The van der Waals surface area contributed by atoms with Crippen LogP contribution >= 0.6 is 0 Å². The normalized spacial score (nSPS) is 17.8. The van der Waals surface area contributed by atoms with Gasteiger partial charge in [0.15, 0.2) is 6.29 Å². The fourth-order valence-corrected chi connectivity index (χ4v) is 2.78. The average molecular weight is 316 g/mol. The smallest absolute Gasteiger partial charge is 0.255 e. The van der Waals surface area contributed by atoms with Crippen LogP contribution in [0.25, 0.3) is 0 Å². The number of nitrogens with one attached hydrogen (secondary N) is 1. The molecule has 2 rings (SSSR count). The van der Waals surface area contributed by atoms with Crippen LogP contribution in [0.2, 0.25) is 0 Å². The summed E-state index contributed by atoms with van der Waals surface area (Å²) >= 11 is 0. The molecule has 1 fully saturated rings. The Hall–Kier alpha value is -2.50. The summed E-state index contributed by atoms with van der Waals surface area (Å²) in [5.74, 6) is -1.13. The van der Waals surface area contributed by atoms with Crippen LogP contribution < -0.4 is 5.32 Å². The van der Waals surface area contributed by atoms with Crippen LogP contribution in [0.1, 0.15) is 58.9 Å². The van der Waals surface area contributed by atoms with Crippen LogP contribution in [0.15, 0.2) is 18.2 Å². The summed E-state index contributed by atoms with van der Waals surface area (Å²) in [6.45, 7) is 3.87.